The number of nitrogens with zero attached hydrogens (tertiary/aromatic N) is 3. The highest BCUT2D eigenvalue weighted by atomic mass is 16.3. The fourth-order valence-corrected chi connectivity index (χ4v) is 6.14. The number of phenols is 1. The Morgan fingerprint density at radius 1 is 0.711 bits per heavy atom. The van der Waals surface area contributed by atoms with Crippen LogP contribution in [0, 0.1) is 0 Å². The van der Waals surface area contributed by atoms with Crippen LogP contribution in [0.25, 0.3) is 61.0 Å². The van der Waals surface area contributed by atoms with Gasteiger partial charge >= 0.3 is 0 Å². The second-order valence-corrected chi connectivity index (χ2v) is 11.1. The Kier molecular flexibility index (Phi) is 6.69. The molecule has 3 aromatic heterocycles. The van der Waals surface area contributed by atoms with Gasteiger partial charge in [-0.25, -0.2) is 4.98 Å². The van der Waals surface area contributed by atoms with Crippen molar-refractivity contribution < 1.29 is 9.52 Å². The molecule has 0 aliphatic carbocycles. The van der Waals surface area contributed by atoms with Crippen LogP contribution in [0.15, 0.2) is 150 Å². The third-order valence-corrected chi connectivity index (χ3v) is 8.36. The van der Waals surface area contributed by atoms with E-state index >= 15 is 0 Å². The lowest BCUT2D eigenvalue weighted by atomic mass is 9.98. The number of hydrogen-bond donors (Lipinski definition) is 1. The van der Waals surface area contributed by atoms with Crippen molar-refractivity contribution in [1.29, 1.82) is 0 Å². The van der Waals surface area contributed by atoms with Gasteiger partial charge in [-0.05, 0) is 48.1 Å². The number of rotatable bonds is 7. The summed E-state index contributed by atoms with van der Waals surface area (Å²) < 4.78 is 8.45. The molecule has 3 heterocycles. The highest BCUT2D eigenvalue weighted by molar-refractivity contribution is 6.08. The van der Waals surface area contributed by atoms with E-state index in [4.69, 9.17) is 9.40 Å². The number of aromatic nitrogens is 3. The van der Waals surface area contributed by atoms with E-state index < -0.39 is 0 Å². The van der Waals surface area contributed by atoms with Gasteiger partial charge in [0.2, 0.25) is 0 Å². The molecule has 0 aliphatic heterocycles. The third-order valence-electron chi connectivity index (χ3n) is 8.36. The van der Waals surface area contributed by atoms with Crippen molar-refractivity contribution in [2.45, 2.75) is 12.8 Å². The highest BCUT2D eigenvalue weighted by Crippen LogP contribution is 2.42. The molecule has 5 heteroatoms. The zero-order valence-corrected chi connectivity index (χ0v) is 24.5. The van der Waals surface area contributed by atoms with Crippen molar-refractivity contribution in [3.8, 4) is 34.1 Å². The van der Waals surface area contributed by atoms with Gasteiger partial charge in [-0.3, -0.25) is 9.55 Å². The van der Waals surface area contributed by atoms with Crippen molar-refractivity contribution in [3.63, 3.8) is 0 Å². The molecule has 0 bridgehead atoms. The number of phenolic OH excluding ortho intramolecular Hbond substituents is 1. The van der Waals surface area contributed by atoms with Crippen LogP contribution in [0.1, 0.15) is 11.1 Å². The van der Waals surface area contributed by atoms with Crippen molar-refractivity contribution in [2.24, 2.45) is 0 Å². The van der Waals surface area contributed by atoms with Gasteiger partial charge in [0, 0.05) is 57.1 Å². The molecule has 0 spiro atoms. The van der Waals surface area contributed by atoms with E-state index in [1.807, 2.05) is 85.3 Å². The zero-order valence-electron chi connectivity index (χ0n) is 24.5. The summed E-state index contributed by atoms with van der Waals surface area (Å²) >= 11 is 0. The molecule has 216 valence electrons. The Bertz CT molecular complexity index is 2270. The van der Waals surface area contributed by atoms with E-state index in [1.54, 1.807) is 0 Å². The number of fused-ring (bicyclic) bond motifs is 4. The lowest BCUT2D eigenvalue weighted by Gasteiger charge is -2.09. The number of furan rings is 1. The van der Waals surface area contributed by atoms with Gasteiger partial charge in [-0.1, -0.05) is 103 Å². The predicted octanol–water partition coefficient (Wildman–Crippen LogP) is 9.70. The molecule has 0 amide bonds. The largest absolute Gasteiger partial charge is 0.507 e. The number of imidazole rings is 1. The second kappa shape index (κ2) is 11.3. The fourth-order valence-electron chi connectivity index (χ4n) is 6.14. The lowest BCUT2D eigenvalue weighted by molar-refractivity contribution is 0.471. The number of pyridine rings is 1. The second-order valence-electron chi connectivity index (χ2n) is 11.1. The molecule has 0 saturated carbocycles. The number of allylic oxidation sites excluding steroid dienone is 2. The molecule has 5 nitrogen and oxygen atoms in total. The Labute approximate surface area is 260 Å². The van der Waals surface area contributed by atoms with E-state index in [2.05, 4.69) is 70.2 Å². The predicted molar refractivity (Wildman–Crippen MR) is 182 cm³/mol. The molecule has 0 saturated heterocycles. The minimum atomic E-state index is 0.176. The summed E-state index contributed by atoms with van der Waals surface area (Å²) in [6.45, 7) is 0. The van der Waals surface area contributed by atoms with Crippen molar-refractivity contribution >= 4 is 32.7 Å². The summed E-state index contributed by atoms with van der Waals surface area (Å²) in [6, 6.07) is 38.6. The van der Waals surface area contributed by atoms with Crippen LogP contribution >= 0.6 is 0 Å². The fraction of sp³-hybridized carbons (Fsp3) is 0.0500. The molecule has 0 unspecified atom stereocenters. The molecule has 8 rings (SSSR count). The Balaban J connectivity index is 1.25. The highest BCUT2D eigenvalue weighted by Gasteiger charge is 2.22. The number of aromatic hydroxyl groups is 1. The molecule has 0 atom stereocenters. The first-order valence-electron chi connectivity index (χ1n) is 15.1. The summed E-state index contributed by atoms with van der Waals surface area (Å²) in [7, 11) is 0. The van der Waals surface area contributed by atoms with E-state index in [9.17, 15) is 5.11 Å². The molecule has 0 aliphatic rings. The van der Waals surface area contributed by atoms with Crippen LogP contribution in [0.3, 0.4) is 0 Å². The monoisotopic (exact) mass is 583 g/mol. The summed E-state index contributed by atoms with van der Waals surface area (Å²) in [5, 5.41) is 16.2. The van der Waals surface area contributed by atoms with Crippen molar-refractivity contribution in [3.05, 3.63) is 157 Å². The SMILES string of the molecule is Oc1c(-c2cn(-c3ccccc3)c(-c3ccccc3)n2)cc2c(oc3ccccc32)c1C/C=C\Cc1cncc2ccccc12. The van der Waals surface area contributed by atoms with E-state index in [-0.39, 0.29) is 5.75 Å². The summed E-state index contributed by atoms with van der Waals surface area (Å²) in [5.41, 5.74) is 6.73. The van der Waals surface area contributed by atoms with Crippen molar-refractivity contribution in [1.82, 2.24) is 14.5 Å². The van der Waals surface area contributed by atoms with Gasteiger partial charge in [0.1, 0.15) is 22.7 Å². The lowest BCUT2D eigenvalue weighted by Crippen LogP contribution is -1.95. The normalized spacial score (nSPS) is 11.7. The van der Waals surface area contributed by atoms with Gasteiger partial charge < -0.3 is 9.52 Å². The van der Waals surface area contributed by atoms with Crippen LogP contribution in [-0.4, -0.2) is 19.6 Å². The maximum Gasteiger partial charge on any atom is 0.145 e. The molecule has 5 aromatic carbocycles. The smallest absolute Gasteiger partial charge is 0.145 e. The summed E-state index contributed by atoms with van der Waals surface area (Å²) in [5.74, 6) is 0.980. The first-order valence-corrected chi connectivity index (χ1v) is 15.1. The third kappa shape index (κ3) is 4.85. The molecule has 8 aromatic rings. The number of para-hydroxylation sites is 2. The van der Waals surface area contributed by atoms with Crippen molar-refractivity contribution in [2.75, 3.05) is 0 Å². The molecule has 1 N–H and O–H groups in total. The van der Waals surface area contributed by atoms with E-state index in [0.717, 1.165) is 56.4 Å². The zero-order chi connectivity index (χ0) is 30.2. The molecule has 0 fully saturated rings. The number of hydrogen-bond acceptors (Lipinski definition) is 4. The van der Waals surface area contributed by atoms with Crippen LogP contribution in [-0.2, 0) is 12.8 Å². The van der Waals surface area contributed by atoms with Crippen LogP contribution < -0.4 is 0 Å². The van der Waals surface area contributed by atoms with Gasteiger partial charge in [0.15, 0.2) is 0 Å². The Morgan fingerprint density at radius 3 is 2.27 bits per heavy atom. The summed E-state index contributed by atoms with van der Waals surface area (Å²) in [6.07, 6.45) is 11.3. The molecular weight excluding hydrogens is 554 g/mol. The van der Waals surface area contributed by atoms with Gasteiger partial charge in [-0.2, -0.15) is 0 Å². The first-order chi connectivity index (χ1) is 22.2. The van der Waals surface area contributed by atoms with Crippen LogP contribution in [0.4, 0.5) is 0 Å². The van der Waals surface area contributed by atoms with E-state index in [1.165, 1.54) is 5.39 Å². The molecule has 45 heavy (non-hydrogen) atoms. The quantitative estimate of drug-likeness (QED) is 0.190. The maximum absolute atomic E-state index is 11.9. The van der Waals surface area contributed by atoms with Gasteiger partial charge in [-0.15, -0.1) is 0 Å². The molecule has 0 radical (unpaired) electrons. The molecular formula is C40H29N3O2. The minimum Gasteiger partial charge on any atom is -0.507 e. The van der Waals surface area contributed by atoms with E-state index in [0.29, 0.717) is 23.3 Å². The van der Waals surface area contributed by atoms with Gasteiger partial charge in [0.25, 0.3) is 0 Å². The first kappa shape index (κ1) is 26.7. The van der Waals surface area contributed by atoms with Crippen LogP contribution in [0.2, 0.25) is 0 Å². The minimum absolute atomic E-state index is 0.176. The van der Waals surface area contributed by atoms with Gasteiger partial charge in [0.05, 0.1) is 5.69 Å². The Morgan fingerprint density at radius 2 is 1.42 bits per heavy atom. The summed E-state index contributed by atoms with van der Waals surface area (Å²) in [4.78, 5) is 9.54. The average molecular weight is 584 g/mol. The maximum atomic E-state index is 11.9. The average Bonchev–Trinajstić information content (AvgIpc) is 3.70. The Hall–Kier alpha value is -5.94. The van der Waals surface area contributed by atoms with Crippen LogP contribution in [0.5, 0.6) is 5.75 Å². The standard InChI is InChI=1S/C40H29N3O2/c44-38-33(21-10-8-16-29-25-41-24-28-15-7-9-19-31(28)29)39-34(32-20-11-12-22-37(32)45-39)23-35(38)36-26-43(30-17-5-2-6-18-30)40(42-36)27-13-3-1-4-14-27/h1-15,17-20,22-26,44H,16,21H2/b10-8-. The number of benzene rings is 5. The topological polar surface area (TPSA) is 64.1 Å².